The molecule has 2 heterocycles. The first-order valence-corrected chi connectivity index (χ1v) is 6.86. The molecule has 1 aliphatic rings. The first kappa shape index (κ1) is 12.5. The van der Waals surface area contributed by atoms with Crippen LogP contribution in [0.3, 0.4) is 0 Å². The molecule has 0 radical (unpaired) electrons. The number of hydrogen-bond donors (Lipinski definition) is 1. The molecular formula is C15H20N2O2. The van der Waals surface area contributed by atoms with Crippen LogP contribution < -0.4 is 5.32 Å². The third kappa shape index (κ3) is 2.59. The molecule has 2 atom stereocenters. The van der Waals surface area contributed by atoms with Gasteiger partial charge in [0.05, 0.1) is 12.2 Å². The number of nitrogens with zero attached hydrogens (tertiary/aromatic N) is 1. The van der Waals surface area contributed by atoms with Crippen LogP contribution in [0.15, 0.2) is 21.1 Å². The molecule has 3 rings (SSSR count). The average Bonchev–Trinajstić information content (AvgIpc) is 2.82. The Hall–Kier alpha value is -1.55. The van der Waals surface area contributed by atoms with E-state index in [2.05, 4.69) is 29.5 Å². The summed E-state index contributed by atoms with van der Waals surface area (Å²) in [6.07, 6.45) is 1.26. The van der Waals surface area contributed by atoms with Gasteiger partial charge < -0.3 is 14.3 Å². The van der Waals surface area contributed by atoms with Crippen molar-refractivity contribution in [1.29, 1.82) is 0 Å². The van der Waals surface area contributed by atoms with E-state index in [1.54, 1.807) is 0 Å². The Balaban J connectivity index is 1.54. The second kappa shape index (κ2) is 4.85. The molecule has 19 heavy (non-hydrogen) atoms. The SMILES string of the molecule is Cc1noc(C)c1CNCc1ccc(C2CC2C)o1. The number of rotatable bonds is 5. The zero-order valence-electron chi connectivity index (χ0n) is 11.7. The van der Waals surface area contributed by atoms with Gasteiger partial charge in [0.25, 0.3) is 0 Å². The summed E-state index contributed by atoms with van der Waals surface area (Å²) in [4.78, 5) is 0. The van der Waals surface area contributed by atoms with Gasteiger partial charge in [0.1, 0.15) is 17.3 Å². The molecule has 1 saturated carbocycles. The van der Waals surface area contributed by atoms with Gasteiger partial charge in [-0.25, -0.2) is 0 Å². The van der Waals surface area contributed by atoms with Crippen LogP contribution in [0.4, 0.5) is 0 Å². The second-order valence-corrected chi connectivity index (χ2v) is 5.53. The summed E-state index contributed by atoms with van der Waals surface area (Å²) < 4.78 is 11.0. The van der Waals surface area contributed by atoms with E-state index >= 15 is 0 Å². The van der Waals surface area contributed by atoms with E-state index in [4.69, 9.17) is 8.94 Å². The van der Waals surface area contributed by atoms with Crippen molar-refractivity contribution in [2.24, 2.45) is 5.92 Å². The van der Waals surface area contributed by atoms with Gasteiger partial charge >= 0.3 is 0 Å². The summed E-state index contributed by atoms with van der Waals surface area (Å²) in [5.41, 5.74) is 2.10. The van der Waals surface area contributed by atoms with E-state index in [9.17, 15) is 0 Å². The molecular weight excluding hydrogens is 240 g/mol. The van der Waals surface area contributed by atoms with Crippen LogP contribution in [0.2, 0.25) is 0 Å². The molecule has 0 spiro atoms. The summed E-state index contributed by atoms with van der Waals surface area (Å²) in [5, 5.41) is 7.32. The van der Waals surface area contributed by atoms with Gasteiger partial charge in [-0.2, -0.15) is 0 Å². The zero-order valence-corrected chi connectivity index (χ0v) is 11.7. The van der Waals surface area contributed by atoms with Crippen molar-refractivity contribution in [1.82, 2.24) is 10.5 Å². The van der Waals surface area contributed by atoms with Gasteiger partial charge in [-0.15, -0.1) is 0 Å². The highest BCUT2D eigenvalue weighted by atomic mass is 16.5. The number of nitrogens with one attached hydrogen (secondary N) is 1. The summed E-state index contributed by atoms with van der Waals surface area (Å²) in [6.45, 7) is 7.67. The van der Waals surface area contributed by atoms with Crippen LogP contribution >= 0.6 is 0 Å². The highest BCUT2D eigenvalue weighted by Gasteiger charge is 2.36. The third-order valence-corrected chi connectivity index (χ3v) is 3.94. The van der Waals surface area contributed by atoms with E-state index in [-0.39, 0.29) is 0 Å². The summed E-state index contributed by atoms with van der Waals surface area (Å²) in [7, 11) is 0. The first-order valence-electron chi connectivity index (χ1n) is 6.86. The molecule has 0 amide bonds. The molecule has 1 aliphatic carbocycles. The summed E-state index contributed by atoms with van der Waals surface area (Å²) in [5.74, 6) is 4.46. The largest absolute Gasteiger partial charge is 0.464 e. The van der Waals surface area contributed by atoms with Crippen LogP contribution in [0.5, 0.6) is 0 Å². The lowest BCUT2D eigenvalue weighted by Gasteiger charge is -2.02. The third-order valence-electron chi connectivity index (χ3n) is 3.94. The fraction of sp³-hybridized carbons (Fsp3) is 0.533. The molecule has 1 fully saturated rings. The van der Waals surface area contributed by atoms with E-state index < -0.39 is 0 Å². The molecule has 2 aromatic heterocycles. The minimum atomic E-state index is 0.649. The molecule has 102 valence electrons. The molecule has 4 heteroatoms. The maximum absolute atomic E-state index is 5.86. The zero-order chi connectivity index (χ0) is 13.4. The average molecular weight is 260 g/mol. The van der Waals surface area contributed by atoms with Crippen molar-refractivity contribution >= 4 is 0 Å². The Morgan fingerprint density at radius 1 is 1.32 bits per heavy atom. The maximum Gasteiger partial charge on any atom is 0.138 e. The highest BCUT2D eigenvalue weighted by Crippen LogP contribution is 2.47. The molecule has 1 N–H and O–H groups in total. The van der Waals surface area contributed by atoms with Gasteiger partial charge in [0.2, 0.25) is 0 Å². The number of hydrogen-bond acceptors (Lipinski definition) is 4. The molecule has 0 bridgehead atoms. The fourth-order valence-corrected chi connectivity index (χ4v) is 2.47. The van der Waals surface area contributed by atoms with Crippen molar-refractivity contribution < 1.29 is 8.94 Å². The fourth-order valence-electron chi connectivity index (χ4n) is 2.47. The standard InChI is InChI=1S/C15H20N2O2/c1-9-6-13(9)15-5-4-12(18-15)7-16-8-14-10(2)17-19-11(14)3/h4-5,9,13,16H,6-8H2,1-3H3. The number of furan rings is 1. The molecule has 2 aromatic rings. The van der Waals surface area contributed by atoms with Gasteiger partial charge in [-0.1, -0.05) is 12.1 Å². The van der Waals surface area contributed by atoms with Crippen molar-refractivity contribution in [3.8, 4) is 0 Å². The van der Waals surface area contributed by atoms with Gasteiger partial charge in [0.15, 0.2) is 0 Å². The second-order valence-electron chi connectivity index (χ2n) is 5.53. The smallest absolute Gasteiger partial charge is 0.138 e. The van der Waals surface area contributed by atoms with E-state index in [1.165, 1.54) is 6.42 Å². The van der Waals surface area contributed by atoms with E-state index in [0.29, 0.717) is 5.92 Å². The van der Waals surface area contributed by atoms with Crippen molar-refractivity contribution in [3.63, 3.8) is 0 Å². The van der Waals surface area contributed by atoms with Crippen LogP contribution in [-0.2, 0) is 13.1 Å². The lowest BCUT2D eigenvalue weighted by Crippen LogP contribution is -2.13. The Kier molecular flexibility index (Phi) is 3.19. The molecule has 0 aliphatic heterocycles. The molecule has 4 nitrogen and oxygen atoms in total. The van der Waals surface area contributed by atoms with Crippen molar-refractivity contribution in [2.75, 3.05) is 0 Å². The van der Waals surface area contributed by atoms with E-state index in [0.717, 1.165) is 47.5 Å². The highest BCUT2D eigenvalue weighted by molar-refractivity contribution is 5.21. The first-order chi connectivity index (χ1) is 9.15. The van der Waals surface area contributed by atoms with Gasteiger partial charge in [-0.05, 0) is 38.3 Å². The van der Waals surface area contributed by atoms with Crippen LogP contribution in [0, 0.1) is 19.8 Å². The predicted octanol–water partition coefficient (Wildman–Crippen LogP) is 3.30. The normalized spacial score (nSPS) is 21.8. The Morgan fingerprint density at radius 3 is 2.74 bits per heavy atom. The molecule has 2 unspecified atom stereocenters. The summed E-state index contributed by atoms with van der Waals surface area (Å²) in [6, 6.07) is 4.18. The molecule has 0 saturated heterocycles. The topological polar surface area (TPSA) is 51.2 Å². The number of aryl methyl sites for hydroxylation is 2. The van der Waals surface area contributed by atoms with Crippen LogP contribution in [-0.4, -0.2) is 5.16 Å². The Morgan fingerprint density at radius 2 is 2.11 bits per heavy atom. The predicted molar refractivity (Wildman–Crippen MR) is 71.8 cm³/mol. The van der Waals surface area contributed by atoms with Crippen LogP contribution in [0.25, 0.3) is 0 Å². The van der Waals surface area contributed by atoms with Gasteiger partial charge in [0, 0.05) is 18.0 Å². The van der Waals surface area contributed by atoms with E-state index in [1.807, 2.05) is 13.8 Å². The Labute approximate surface area is 113 Å². The van der Waals surface area contributed by atoms with Crippen molar-refractivity contribution in [2.45, 2.75) is 46.2 Å². The Bertz CT molecular complexity index is 551. The maximum atomic E-state index is 5.86. The summed E-state index contributed by atoms with van der Waals surface area (Å²) >= 11 is 0. The quantitative estimate of drug-likeness (QED) is 0.896. The van der Waals surface area contributed by atoms with Crippen LogP contribution in [0.1, 0.15) is 47.8 Å². The monoisotopic (exact) mass is 260 g/mol. The van der Waals surface area contributed by atoms with Crippen molar-refractivity contribution in [3.05, 3.63) is 40.7 Å². The molecule has 0 aromatic carbocycles. The minimum Gasteiger partial charge on any atom is -0.464 e. The van der Waals surface area contributed by atoms with Gasteiger partial charge in [-0.3, -0.25) is 0 Å². The minimum absolute atomic E-state index is 0.649. The lowest BCUT2D eigenvalue weighted by molar-refractivity contribution is 0.391. The lowest BCUT2D eigenvalue weighted by atomic mass is 10.2. The number of aromatic nitrogens is 1.